The van der Waals surface area contributed by atoms with Crippen LogP contribution in [0.1, 0.15) is 27.7 Å². The normalized spacial score (nSPS) is 36.1. The van der Waals surface area contributed by atoms with Crippen molar-refractivity contribution >= 4 is 30.4 Å². The van der Waals surface area contributed by atoms with Crippen LogP contribution in [0.25, 0.3) is 0 Å². The van der Waals surface area contributed by atoms with Crippen molar-refractivity contribution in [2.24, 2.45) is 5.92 Å². The molecule has 2 aliphatic rings. The number of amides is 2. The summed E-state index contributed by atoms with van der Waals surface area (Å²) >= 11 is 4.33. The van der Waals surface area contributed by atoms with Crippen LogP contribution in [0.2, 0.25) is 0 Å². The van der Waals surface area contributed by atoms with Crippen molar-refractivity contribution in [3.63, 3.8) is 0 Å². The third-order valence-corrected chi connectivity index (χ3v) is 6.76. The second kappa shape index (κ2) is 14.3. The van der Waals surface area contributed by atoms with E-state index in [9.17, 15) is 34.8 Å². The minimum atomic E-state index is -1.72. The number of carbonyl (C=O) groups is 3. The third kappa shape index (κ3) is 8.22. The molecule has 16 heteroatoms. The smallest absolute Gasteiger partial charge is 0.339 e. The van der Waals surface area contributed by atoms with E-state index in [0.717, 1.165) is 0 Å². The van der Waals surface area contributed by atoms with Gasteiger partial charge in [0.05, 0.1) is 12.7 Å². The van der Waals surface area contributed by atoms with Gasteiger partial charge < -0.3 is 59.5 Å². The Bertz CT molecular complexity index is 843. The van der Waals surface area contributed by atoms with E-state index < -0.39 is 103 Å². The molecule has 39 heavy (non-hydrogen) atoms. The van der Waals surface area contributed by atoms with Crippen LogP contribution in [-0.4, -0.2) is 132 Å². The zero-order valence-corrected chi connectivity index (χ0v) is 23.6. The summed E-state index contributed by atoms with van der Waals surface area (Å²) in [5.74, 6) is -2.87. The number of carbonyl (C=O) groups excluding carboxylic acids is 3. The maximum Gasteiger partial charge on any atom is 0.339 e. The number of esters is 1. The lowest BCUT2D eigenvalue weighted by Gasteiger charge is -2.46. The van der Waals surface area contributed by atoms with Crippen LogP contribution in [0.3, 0.4) is 0 Å². The van der Waals surface area contributed by atoms with E-state index in [2.05, 4.69) is 23.3 Å². The Kier molecular flexibility index (Phi) is 12.4. The van der Waals surface area contributed by atoms with Crippen LogP contribution in [0.4, 0.5) is 0 Å². The molecule has 2 heterocycles. The number of aliphatic hydroxyl groups excluding tert-OH is 4. The van der Waals surface area contributed by atoms with Gasteiger partial charge in [-0.25, -0.2) is 4.79 Å². The van der Waals surface area contributed by atoms with E-state index in [4.69, 9.17) is 28.4 Å². The summed E-state index contributed by atoms with van der Waals surface area (Å²) in [5.41, 5.74) is 0. The standard InChI is InChI=1S/C23H40N2O13S/c1-9-15(33-5)12(28)11(7-26)36-21(9)37-16-13(29)14(30)22(34-6)38-17(16)20(32)35-8-24-19(31)18(23(3,4)39)25-10(2)27/h9,11-18,21-22,26,28-30,39H,7-8H2,1-6H3,(H,24,31)(H,25,27)/t9?,11?,12?,13?,14?,15-,16+,17?,18+,21+,22?/m1/s1. The van der Waals surface area contributed by atoms with Crippen molar-refractivity contribution in [3.8, 4) is 0 Å². The van der Waals surface area contributed by atoms with Gasteiger partial charge >= 0.3 is 5.97 Å². The summed E-state index contributed by atoms with van der Waals surface area (Å²) in [5, 5.41) is 46.0. The highest BCUT2D eigenvalue weighted by Gasteiger charge is 2.53. The van der Waals surface area contributed by atoms with Crippen molar-refractivity contribution in [2.75, 3.05) is 27.6 Å². The topological polar surface area (TPSA) is 212 Å². The van der Waals surface area contributed by atoms with Crippen LogP contribution in [0, 0.1) is 5.92 Å². The molecule has 15 nitrogen and oxygen atoms in total. The molecule has 0 spiro atoms. The van der Waals surface area contributed by atoms with E-state index in [1.807, 2.05) is 0 Å². The van der Waals surface area contributed by atoms with Gasteiger partial charge in [0.1, 0.15) is 36.6 Å². The Hall–Kier alpha value is -1.60. The molecule has 2 saturated heterocycles. The molecule has 0 aromatic rings. The van der Waals surface area contributed by atoms with E-state index in [0.29, 0.717) is 0 Å². The number of thiol groups is 1. The SMILES string of the molecule is COC1OC(C(=O)OCNC(=O)[C@H](NC(C)=O)C(C)(C)S)[C@@H](O[C@@H]2OC(CO)C(O)[C@H](OC)C2C)C(O)C1O. The van der Waals surface area contributed by atoms with Gasteiger partial charge in [-0.05, 0) is 13.8 Å². The van der Waals surface area contributed by atoms with Gasteiger partial charge in [0.15, 0.2) is 25.4 Å². The molecular formula is C23H40N2O13S. The molecule has 0 aromatic heterocycles. The third-order valence-electron chi connectivity index (χ3n) is 6.50. The van der Waals surface area contributed by atoms with Gasteiger partial charge in [-0.3, -0.25) is 9.59 Å². The Balaban J connectivity index is 2.17. The Labute approximate surface area is 231 Å². The van der Waals surface area contributed by atoms with E-state index in [1.165, 1.54) is 21.1 Å². The molecule has 0 bridgehead atoms. The van der Waals surface area contributed by atoms with Crippen LogP contribution in [0.15, 0.2) is 0 Å². The van der Waals surface area contributed by atoms with Crippen LogP contribution >= 0.6 is 12.6 Å². The molecule has 2 aliphatic heterocycles. The first-order valence-corrected chi connectivity index (χ1v) is 12.7. The van der Waals surface area contributed by atoms with Crippen molar-refractivity contribution in [1.82, 2.24) is 10.6 Å². The molecule has 7 unspecified atom stereocenters. The molecule has 0 saturated carbocycles. The van der Waals surface area contributed by atoms with E-state index >= 15 is 0 Å². The largest absolute Gasteiger partial charge is 0.442 e. The molecule has 2 fully saturated rings. The number of rotatable bonds is 11. The van der Waals surface area contributed by atoms with Gasteiger partial charge in [-0.2, -0.15) is 12.6 Å². The lowest BCUT2D eigenvalue weighted by Crippen LogP contribution is -2.64. The number of hydrogen-bond acceptors (Lipinski definition) is 14. The average molecular weight is 585 g/mol. The van der Waals surface area contributed by atoms with Gasteiger partial charge in [0.25, 0.3) is 0 Å². The second-order valence-electron chi connectivity index (χ2n) is 9.95. The highest BCUT2D eigenvalue weighted by Crippen LogP contribution is 2.33. The molecular weight excluding hydrogens is 544 g/mol. The molecule has 226 valence electrons. The Morgan fingerprint density at radius 3 is 2.15 bits per heavy atom. The van der Waals surface area contributed by atoms with E-state index in [-0.39, 0.29) is 0 Å². The van der Waals surface area contributed by atoms with Gasteiger partial charge in [0, 0.05) is 31.8 Å². The molecule has 0 radical (unpaired) electrons. The number of methoxy groups -OCH3 is 2. The molecule has 2 amide bonds. The highest BCUT2D eigenvalue weighted by molar-refractivity contribution is 7.81. The quantitative estimate of drug-likeness (QED) is 0.0735. The number of nitrogens with one attached hydrogen (secondary N) is 2. The van der Waals surface area contributed by atoms with Crippen molar-refractivity contribution in [1.29, 1.82) is 0 Å². The molecule has 0 aromatic carbocycles. The fourth-order valence-corrected chi connectivity index (χ4v) is 4.55. The van der Waals surface area contributed by atoms with Crippen LogP contribution in [0.5, 0.6) is 0 Å². The molecule has 6 N–H and O–H groups in total. The Morgan fingerprint density at radius 2 is 1.64 bits per heavy atom. The zero-order chi connectivity index (χ0) is 29.7. The lowest BCUT2D eigenvalue weighted by molar-refractivity contribution is -0.345. The van der Waals surface area contributed by atoms with Crippen LogP contribution < -0.4 is 10.6 Å². The van der Waals surface area contributed by atoms with Crippen molar-refractivity contribution < 1.29 is 63.2 Å². The van der Waals surface area contributed by atoms with E-state index in [1.54, 1.807) is 20.8 Å². The molecule has 0 aliphatic carbocycles. The first kappa shape index (κ1) is 33.6. The van der Waals surface area contributed by atoms with Crippen LogP contribution in [-0.2, 0) is 42.8 Å². The number of aliphatic hydroxyl groups is 4. The summed E-state index contributed by atoms with van der Waals surface area (Å²) in [6, 6.07) is -1.05. The minimum Gasteiger partial charge on any atom is -0.442 e. The van der Waals surface area contributed by atoms with Crippen molar-refractivity contribution in [3.05, 3.63) is 0 Å². The predicted molar refractivity (Wildman–Crippen MR) is 134 cm³/mol. The first-order valence-electron chi connectivity index (χ1n) is 12.3. The number of hydrogen-bond donors (Lipinski definition) is 7. The summed E-state index contributed by atoms with van der Waals surface area (Å²) < 4.78 is 31.5. The lowest BCUT2D eigenvalue weighted by atomic mass is 9.91. The highest BCUT2D eigenvalue weighted by atomic mass is 32.1. The molecule has 11 atom stereocenters. The maximum absolute atomic E-state index is 13.0. The summed E-state index contributed by atoms with van der Waals surface area (Å²) in [4.78, 5) is 37.1. The summed E-state index contributed by atoms with van der Waals surface area (Å²) in [7, 11) is 2.54. The van der Waals surface area contributed by atoms with Gasteiger partial charge in [-0.1, -0.05) is 6.92 Å². The monoisotopic (exact) mass is 584 g/mol. The fourth-order valence-electron chi connectivity index (χ4n) is 4.37. The predicted octanol–water partition coefficient (Wildman–Crippen LogP) is -2.98. The summed E-state index contributed by atoms with van der Waals surface area (Å²) in [6.45, 7) is 4.88. The summed E-state index contributed by atoms with van der Waals surface area (Å²) in [6.07, 6.45) is -12.3. The average Bonchev–Trinajstić information content (AvgIpc) is 2.86. The maximum atomic E-state index is 13.0. The van der Waals surface area contributed by atoms with Gasteiger partial charge in [0.2, 0.25) is 11.8 Å². The zero-order valence-electron chi connectivity index (χ0n) is 22.7. The first-order chi connectivity index (χ1) is 18.2. The Morgan fingerprint density at radius 1 is 1.00 bits per heavy atom. The number of ether oxygens (including phenoxy) is 6. The fraction of sp³-hybridized carbons (Fsp3) is 0.870. The molecule has 2 rings (SSSR count). The second-order valence-corrected chi connectivity index (χ2v) is 11.1. The minimum absolute atomic E-state index is 0.464. The van der Waals surface area contributed by atoms with Crippen molar-refractivity contribution in [2.45, 2.75) is 93.8 Å². The van der Waals surface area contributed by atoms with Gasteiger partial charge in [-0.15, -0.1) is 0 Å².